The summed E-state index contributed by atoms with van der Waals surface area (Å²) >= 11 is 0. The minimum atomic E-state index is 0. The van der Waals surface area contributed by atoms with Gasteiger partial charge in [-0.25, -0.2) is 0 Å². The van der Waals surface area contributed by atoms with Crippen LogP contribution in [0.1, 0.15) is 124 Å². The van der Waals surface area contributed by atoms with Gasteiger partial charge in [0, 0.05) is 0 Å². The molecule has 0 aromatic rings. The Kier molecular flexibility index (Phi) is 7.27. The summed E-state index contributed by atoms with van der Waals surface area (Å²) in [5.74, 6) is 6.30. The average molecular weight is 390 g/mol. The van der Waals surface area contributed by atoms with Gasteiger partial charge < -0.3 is 6.15 Å². The van der Waals surface area contributed by atoms with E-state index in [0.29, 0.717) is 10.8 Å². The van der Waals surface area contributed by atoms with Crippen molar-refractivity contribution in [3.8, 4) is 0 Å². The van der Waals surface area contributed by atoms with Crippen molar-refractivity contribution in [1.82, 2.24) is 6.15 Å². The lowest BCUT2D eigenvalue weighted by molar-refractivity contribution is -0.114. The summed E-state index contributed by atoms with van der Waals surface area (Å²) in [5.41, 5.74) is 1.40. The number of hydrogen-bond acceptors (Lipinski definition) is 1. The third-order valence-electron chi connectivity index (χ3n) is 10.9. The molecular formula is C27H51N. The molecule has 0 spiro atoms. The van der Waals surface area contributed by atoms with E-state index in [1.165, 1.54) is 44.9 Å². The predicted octanol–water partition coefficient (Wildman–Crippen LogP) is 8.80. The molecule has 4 aliphatic carbocycles. The normalized spacial score (nSPS) is 46.1. The van der Waals surface area contributed by atoms with E-state index in [4.69, 9.17) is 0 Å². The lowest BCUT2D eigenvalue weighted by atomic mass is 9.44. The van der Waals surface area contributed by atoms with Crippen molar-refractivity contribution >= 4 is 0 Å². The Bertz CT molecular complexity index is 500. The van der Waals surface area contributed by atoms with Gasteiger partial charge in [-0.05, 0) is 97.7 Å². The van der Waals surface area contributed by atoms with E-state index in [2.05, 4.69) is 27.7 Å². The SMILES string of the molecule is CCCCCC[C@@H](C)C1CCC2C3CCC4CCCCC4(C)C3CCC21C.N. The summed E-state index contributed by atoms with van der Waals surface area (Å²) in [6.07, 6.45) is 22.9. The number of rotatable bonds is 6. The molecule has 0 radical (unpaired) electrons. The van der Waals surface area contributed by atoms with Crippen LogP contribution in [-0.2, 0) is 0 Å². The Morgan fingerprint density at radius 3 is 2.36 bits per heavy atom. The first-order valence-electron chi connectivity index (χ1n) is 13.0. The molecule has 28 heavy (non-hydrogen) atoms. The molecule has 0 aromatic heterocycles. The molecule has 4 aliphatic rings. The lowest BCUT2D eigenvalue weighted by Gasteiger charge is -2.61. The van der Waals surface area contributed by atoms with Crippen molar-refractivity contribution in [2.45, 2.75) is 124 Å². The molecule has 164 valence electrons. The van der Waals surface area contributed by atoms with Crippen LogP contribution in [-0.4, -0.2) is 0 Å². The van der Waals surface area contributed by atoms with Gasteiger partial charge in [0.25, 0.3) is 0 Å². The van der Waals surface area contributed by atoms with E-state index < -0.39 is 0 Å². The van der Waals surface area contributed by atoms with Crippen LogP contribution >= 0.6 is 0 Å². The summed E-state index contributed by atoms with van der Waals surface area (Å²) in [6, 6.07) is 0. The molecule has 1 nitrogen and oxygen atoms in total. The number of unbranched alkanes of at least 4 members (excludes halogenated alkanes) is 3. The van der Waals surface area contributed by atoms with Gasteiger partial charge in [-0.3, -0.25) is 0 Å². The zero-order chi connectivity index (χ0) is 19.1. The van der Waals surface area contributed by atoms with Gasteiger partial charge in [0.05, 0.1) is 0 Å². The monoisotopic (exact) mass is 389 g/mol. The van der Waals surface area contributed by atoms with Gasteiger partial charge in [-0.1, -0.05) is 72.6 Å². The van der Waals surface area contributed by atoms with Crippen LogP contribution in [0.2, 0.25) is 0 Å². The molecule has 0 aromatic carbocycles. The molecule has 4 fully saturated rings. The fourth-order valence-electron chi connectivity index (χ4n) is 9.36. The Balaban J connectivity index is 0.00000225. The average Bonchev–Trinajstić information content (AvgIpc) is 3.02. The van der Waals surface area contributed by atoms with E-state index in [9.17, 15) is 0 Å². The van der Waals surface area contributed by atoms with Crippen LogP contribution in [0.25, 0.3) is 0 Å². The molecule has 0 heterocycles. The van der Waals surface area contributed by atoms with Crippen molar-refractivity contribution in [2.75, 3.05) is 0 Å². The van der Waals surface area contributed by atoms with E-state index >= 15 is 0 Å². The first kappa shape index (κ1) is 22.6. The molecule has 8 atom stereocenters. The predicted molar refractivity (Wildman–Crippen MR) is 123 cm³/mol. The van der Waals surface area contributed by atoms with Crippen molar-refractivity contribution < 1.29 is 0 Å². The smallest absolute Gasteiger partial charge is 0.0264 e. The summed E-state index contributed by atoms with van der Waals surface area (Å²) < 4.78 is 0. The zero-order valence-electron chi connectivity index (χ0n) is 19.8. The second-order valence-electron chi connectivity index (χ2n) is 12.0. The van der Waals surface area contributed by atoms with E-state index in [1.54, 1.807) is 51.4 Å². The van der Waals surface area contributed by atoms with E-state index in [-0.39, 0.29) is 6.15 Å². The van der Waals surface area contributed by atoms with Crippen LogP contribution in [0.3, 0.4) is 0 Å². The maximum absolute atomic E-state index is 2.75. The summed E-state index contributed by atoms with van der Waals surface area (Å²) in [5, 5.41) is 0. The highest BCUT2D eigenvalue weighted by Crippen LogP contribution is 2.68. The maximum Gasteiger partial charge on any atom is -0.0264 e. The first-order chi connectivity index (χ1) is 13.0. The van der Waals surface area contributed by atoms with Crippen LogP contribution < -0.4 is 6.15 Å². The second kappa shape index (κ2) is 8.99. The largest absolute Gasteiger partial charge is 0.344 e. The zero-order valence-corrected chi connectivity index (χ0v) is 19.8. The third kappa shape index (κ3) is 3.72. The molecule has 0 saturated heterocycles. The quantitative estimate of drug-likeness (QED) is 0.452. The Morgan fingerprint density at radius 2 is 1.57 bits per heavy atom. The first-order valence-corrected chi connectivity index (χ1v) is 13.0. The minimum Gasteiger partial charge on any atom is -0.344 e. The Morgan fingerprint density at radius 1 is 0.786 bits per heavy atom. The van der Waals surface area contributed by atoms with Crippen molar-refractivity contribution in [1.29, 1.82) is 0 Å². The van der Waals surface area contributed by atoms with Crippen LogP contribution in [0.5, 0.6) is 0 Å². The highest BCUT2D eigenvalue weighted by Gasteiger charge is 2.59. The van der Waals surface area contributed by atoms with Crippen molar-refractivity contribution in [3.63, 3.8) is 0 Å². The standard InChI is InChI=1S/C27H48.H3N/c1-5-6-7-8-11-20(2)23-15-16-24-22-14-13-21-12-9-10-18-26(21,3)25(22)17-19-27(23,24)4;/h20-25H,5-19H2,1-4H3;1H3/t20-,21?,22?,23?,24?,25?,26?,27?;/m1./s1. The van der Waals surface area contributed by atoms with Crippen molar-refractivity contribution in [2.24, 2.45) is 46.3 Å². The molecular weight excluding hydrogens is 338 g/mol. The molecule has 4 rings (SSSR count). The Labute approximate surface area is 176 Å². The molecule has 3 N–H and O–H groups in total. The summed E-state index contributed by atoms with van der Waals surface area (Å²) in [6.45, 7) is 10.4. The fourth-order valence-corrected chi connectivity index (χ4v) is 9.36. The van der Waals surface area contributed by atoms with Crippen LogP contribution in [0.4, 0.5) is 0 Å². The third-order valence-corrected chi connectivity index (χ3v) is 10.9. The van der Waals surface area contributed by atoms with E-state index in [0.717, 1.165) is 35.5 Å². The molecule has 0 aliphatic heterocycles. The second-order valence-corrected chi connectivity index (χ2v) is 12.0. The fraction of sp³-hybridized carbons (Fsp3) is 1.00. The van der Waals surface area contributed by atoms with Crippen LogP contribution in [0, 0.1) is 46.3 Å². The molecule has 1 heteroatoms. The number of hydrogen-bond donors (Lipinski definition) is 1. The number of fused-ring (bicyclic) bond motifs is 5. The van der Waals surface area contributed by atoms with Gasteiger partial charge >= 0.3 is 0 Å². The molecule has 7 unspecified atom stereocenters. The van der Waals surface area contributed by atoms with Crippen molar-refractivity contribution in [3.05, 3.63) is 0 Å². The van der Waals surface area contributed by atoms with Gasteiger partial charge in [0.2, 0.25) is 0 Å². The lowest BCUT2D eigenvalue weighted by Crippen LogP contribution is -2.53. The minimum absolute atomic E-state index is 0. The molecule has 0 amide bonds. The van der Waals surface area contributed by atoms with Crippen LogP contribution in [0.15, 0.2) is 0 Å². The van der Waals surface area contributed by atoms with E-state index in [1.807, 2.05) is 0 Å². The van der Waals surface area contributed by atoms with Gasteiger partial charge in [-0.15, -0.1) is 0 Å². The molecule has 0 bridgehead atoms. The summed E-state index contributed by atoms with van der Waals surface area (Å²) in [7, 11) is 0. The maximum atomic E-state index is 2.75. The highest BCUT2D eigenvalue weighted by molar-refractivity contribution is 5.09. The Hall–Kier alpha value is -0.0400. The van der Waals surface area contributed by atoms with Gasteiger partial charge in [0.1, 0.15) is 0 Å². The van der Waals surface area contributed by atoms with Gasteiger partial charge in [0.15, 0.2) is 0 Å². The highest BCUT2D eigenvalue weighted by atomic mass is 14.6. The molecule has 4 saturated carbocycles. The summed E-state index contributed by atoms with van der Waals surface area (Å²) in [4.78, 5) is 0. The topological polar surface area (TPSA) is 35.0 Å². The van der Waals surface area contributed by atoms with Gasteiger partial charge in [-0.2, -0.15) is 0 Å².